The molecule has 3 heteroatoms. The number of hydrogen-bond acceptors (Lipinski definition) is 3. The Morgan fingerprint density at radius 3 is 2.70 bits per heavy atom. The zero-order valence-corrected chi connectivity index (χ0v) is 11.7. The lowest BCUT2D eigenvalue weighted by Gasteiger charge is -2.18. The molecule has 0 radical (unpaired) electrons. The van der Waals surface area contributed by atoms with Gasteiger partial charge in [-0.15, -0.1) is 11.3 Å². The molecule has 2 nitrogen and oxygen atoms in total. The SMILES string of the molecule is c1ccc(C(Oc2cccc3sccc23)[C@H]2CO2)cc1. The molecule has 1 aromatic heterocycles. The van der Waals surface area contributed by atoms with E-state index < -0.39 is 0 Å². The van der Waals surface area contributed by atoms with E-state index in [0.29, 0.717) is 0 Å². The van der Waals surface area contributed by atoms with E-state index in [9.17, 15) is 0 Å². The lowest BCUT2D eigenvalue weighted by atomic mass is 10.1. The van der Waals surface area contributed by atoms with Gasteiger partial charge in [-0.3, -0.25) is 0 Å². The van der Waals surface area contributed by atoms with Crippen LogP contribution in [0.3, 0.4) is 0 Å². The molecular weight excluding hydrogens is 268 g/mol. The summed E-state index contributed by atoms with van der Waals surface area (Å²) in [4.78, 5) is 0. The molecule has 0 amide bonds. The molecule has 2 heterocycles. The topological polar surface area (TPSA) is 21.8 Å². The second-order valence-electron chi connectivity index (χ2n) is 4.91. The molecule has 0 N–H and O–H groups in total. The van der Waals surface area contributed by atoms with Crippen LogP contribution < -0.4 is 4.74 Å². The number of benzene rings is 2. The lowest BCUT2D eigenvalue weighted by molar-refractivity contribution is 0.163. The minimum atomic E-state index is -0.0262. The Labute approximate surface area is 121 Å². The lowest BCUT2D eigenvalue weighted by Crippen LogP contribution is -2.14. The summed E-state index contributed by atoms with van der Waals surface area (Å²) in [6, 6.07) is 18.6. The van der Waals surface area contributed by atoms with Crippen LogP contribution in [0, 0.1) is 0 Å². The molecular formula is C17H14O2S. The highest BCUT2D eigenvalue weighted by Gasteiger charge is 2.36. The molecule has 0 bridgehead atoms. The Kier molecular flexibility index (Phi) is 2.94. The van der Waals surface area contributed by atoms with Gasteiger partial charge in [-0.25, -0.2) is 0 Å². The standard InChI is InChI=1S/C17H14O2S/c1-2-5-12(6-3-1)17(15-11-18-15)19-14-7-4-8-16-13(14)9-10-20-16/h1-10,15,17H,11H2/t15-,17?/m1/s1. The first-order chi connectivity index (χ1) is 9.92. The third-order valence-electron chi connectivity index (χ3n) is 3.53. The van der Waals surface area contributed by atoms with E-state index in [4.69, 9.17) is 9.47 Å². The summed E-state index contributed by atoms with van der Waals surface area (Å²) < 4.78 is 13.0. The molecule has 1 unspecified atom stereocenters. The highest BCUT2D eigenvalue weighted by molar-refractivity contribution is 7.17. The fourth-order valence-electron chi connectivity index (χ4n) is 2.44. The number of fused-ring (bicyclic) bond motifs is 1. The number of hydrogen-bond donors (Lipinski definition) is 0. The average molecular weight is 282 g/mol. The fraction of sp³-hybridized carbons (Fsp3) is 0.176. The van der Waals surface area contributed by atoms with Crippen molar-refractivity contribution in [1.29, 1.82) is 0 Å². The van der Waals surface area contributed by atoms with E-state index in [1.807, 2.05) is 30.3 Å². The zero-order valence-electron chi connectivity index (χ0n) is 10.9. The summed E-state index contributed by atoms with van der Waals surface area (Å²) in [6.45, 7) is 0.777. The number of epoxide rings is 1. The van der Waals surface area contributed by atoms with Crippen molar-refractivity contribution < 1.29 is 9.47 Å². The molecule has 1 saturated heterocycles. The Balaban J connectivity index is 1.70. The first kappa shape index (κ1) is 11.9. The van der Waals surface area contributed by atoms with E-state index >= 15 is 0 Å². The van der Waals surface area contributed by atoms with E-state index in [1.165, 1.54) is 15.6 Å². The summed E-state index contributed by atoms with van der Waals surface area (Å²) in [6.07, 6.45) is 0.146. The maximum atomic E-state index is 6.28. The predicted octanol–water partition coefficient (Wildman–Crippen LogP) is 4.42. The van der Waals surface area contributed by atoms with E-state index in [0.717, 1.165) is 12.4 Å². The maximum absolute atomic E-state index is 6.28. The number of thiophene rings is 1. The van der Waals surface area contributed by atoms with Crippen molar-refractivity contribution >= 4 is 21.4 Å². The van der Waals surface area contributed by atoms with Crippen LogP contribution in [0.4, 0.5) is 0 Å². The van der Waals surface area contributed by atoms with Gasteiger partial charge < -0.3 is 9.47 Å². The molecule has 3 aromatic rings. The first-order valence-electron chi connectivity index (χ1n) is 6.71. The minimum absolute atomic E-state index is 0.0262. The summed E-state index contributed by atoms with van der Waals surface area (Å²) in [5, 5.41) is 3.28. The Bertz CT molecular complexity index is 716. The van der Waals surface area contributed by atoms with Crippen LogP contribution in [-0.2, 0) is 4.74 Å². The Morgan fingerprint density at radius 2 is 1.90 bits per heavy atom. The molecule has 1 fully saturated rings. The smallest absolute Gasteiger partial charge is 0.152 e. The molecule has 1 aliphatic rings. The van der Waals surface area contributed by atoms with Gasteiger partial charge in [0, 0.05) is 10.1 Å². The van der Waals surface area contributed by atoms with E-state index in [-0.39, 0.29) is 12.2 Å². The van der Waals surface area contributed by atoms with Crippen molar-refractivity contribution in [2.24, 2.45) is 0 Å². The Hall–Kier alpha value is -1.84. The van der Waals surface area contributed by atoms with Crippen LogP contribution in [0.1, 0.15) is 11.7 Å². The van der Waals surface area contributed by atoms with Gasteiger partial charge in [-0.05, 0) is 29.1 Å². The van der Waals surface area contributed by atoms with Crippen molar-refractivity contribution in [2.45, 2.75) is 12.2 Å². The van der Waals surface area contributed by atoms with Gasteiger partial charge in [-0.1, -0.05) is 36.4 Å². The molecule has 0 saturated carbocycles. The maximum Gasteiger partial charge on any atom is 0.152 e. The van der Waals surface area contributed by atoms with Crippen LogP contribution >= 0.6 is 11.3 Å². The zero-order chi connectivity index (χ0) is 13.4. The second kappa shape index (κ2) is 4.93. The van der Waals surface area contributed by atoms with Gasteiger partial charge in [0.15, 0.2) is 6.10 Å². The molecule has 2 atom stereocenters. The molecule has 100 valence electrons. The van der Waals surface area contributed by atoms with Crippen molar-refractivity contribution in [2.75, 3.05) is 6.61 Å². The van der Waals surface area contributed by atoms with Crippen molar-refractivity contribution in [1.82, 2.24) is 0 Å². The largest absolute Gasteiger partial charge is 0.482 e. The van der Waals surface area contributed by atoms with Crippen LogP contribution in [0.25, 0.3) is 10.1 Å². The van der Waals surface area contributed by atoms with Crippen LogP contribution in [0.5, 0.6) is 5.75 Å². The van der Waals surface area contributed by atoms with Crippen LogP contribution in [0.15, 0.2) is 60.0 Å². The van der Waals surface area contributed by atoms with E-state index in [1.54, 1.807) is 11.3 Å². The van der Waals surface area contributed by atoms with Gasteiger partial charge in [0.25, 0.3) is 0 Å². The molecule has 20 heavy (non-hydrogen) atoms. The van der Waals surface area contributed by atoms with Crippen molar-refractivity contribution in [3.8, 4) is 5.75 Å². The summed E-state index contributed by atoms with van der Waals surface area (Å²) in [7, 11) is 0. The molecule has 4 rings (SSSR count). The monoisotopic (exact) mass is 282 g/mol. The van der Waals surface area contributed by atoms with Gasteiger partial charge in [0.05, 0.1) is 6.61 Å². The molecule has 0 spiro atoms. The van der Waals surface area contributed by atoms with E-state index in [2.05, 4.69) is 29.6 Å². The number of ether oxygens (including phenoxy) is 2. The Morgan fingerprint density at radius 1 is 1.05 bits per heavy atom. The molecule has 2 aromatic carbocycles. The normalized spacial score (nSPS) is 18.9. The van der Waals surface area contributed by atoms with Gasteiger partial charge >= 0.3 is 0 Å². The summed E-state index contributed by atoms with van der Waals surface area (Å²) in [5.41, 5.74) is 1.17. The second-order valence-corrected chi connectivity index (χ2v) is 5.86. The predicted molar refractivity (Wildman–Crippen MR) is 81.4 cm³/mol. The van der Waals surface area contributed by atoms with Crippen molar-refractivity contribution in [3.05, 3.63) is 65.5 Å². The molecule has 0 aliphatic carbocycles. The third kappa shape index (κ3) is 2.19. The van der Waals surface area contributed by atoms with Gasteiger partial charge in [0.2, 0.25) is 0 Å². The van der Waals surface area contributed by atoms with Crippen LogP contribution in [-0.4, -0.2) is 12.7 Å². The van der Waals surface area contributed by atoms with Gasteiger partial charge in [-0.2, -0.15) is 0 Å². The van der Waals surface area contributed by atoms with Gasteiger partial charge in [0.1, 0.15) is 11.9 Å². The molecule has 1 aliphatic heterocycles. The quantitative estimate of drug-likeness (QED) is 0.661. The highest BCUT2D eigenvalue weighted by atomic mass is 32.1. The van der Waals surface area contributed by atoms with Crippen LogP contribution in [0.2, 0.25) is 0 Å². The third-order valence-corrected chi connectivity index (χ3v) is 4.42. The fourth-order valence-corrected chi connectivity index (χ4v) is 3.24. The average Bonchev–Trinajstić information content (AvgIpc) is 3.22. The minimum Gasteiger partial charge on any atom is -0.482 e. The first-order valence-corrected chi connectivity index (χ1v) is 7.59. The summed E-state index contributed by atoms with van der Waals surface area (Å²) >= 11 is 1.74. The summed E-state index contributed by atoms with van der Waals surface area (Å²) in [5.74, 6) is 0.938. The highest BCUT2D eigenvalue weighted by Crippen LogP contribution is 2.36. The van der Waals surface area contributed by atoms with Crippen molar-refractivity contribution in [3.63, 3.8) is 0 Å². The number of rotatable bonds is 4.